The predicted molar refractivity (Wildman–Crippen MR) is 65.4 cm³/mol. The van der Waals surface area contributed by atoms with E-state index in [0.29, 0.717) is 6.42 Å². The first-order chi connectivity index (χ1) is 8.27. The molecule has 0 saturated heterocycles. The Bertz CT molecular complexity index is 535. The highest BCUT2D eigenvalue weighted by molar-refractivity contribution is 7.89. The van der Waals surface area contributed by atoms with Crippen LogP contribution in [0.5, 0.6) is 0 Å². The molecule has 8 heteroatoms. The highest BCUT2D eigenvalue weighted by Gasteiger charge is 2.21. The number of primary amides is 1. The Labute approximate surface area is 106 Å². The lowest BCUT2D eigenvalue weighted by atomic mass is 10.3. The maximum Gasteiger partial charge on any atom is 0.265 e. The number of hydrogen-bond acceptors (Lipinski definition) is 4. The second-order valence-corrected chi connectivity index (χ2v) is 5.78. The molecule has 0 aromatic carbocycles. The summed E-state index contributed by atoms with van der Waals surface area (Å²) >= 11 is 0. The van der Waals surface area contributed by atoms with Crippen LogP contribution < -0.4 is 10.5 Å². The summed E-state index contributed by atoms with van der Waals surface area (Å²) in [6.07, 6.45) is 1.63. The number of aliphatic hydroxyl groups excluding tert-OH is 1. The minimum absolute atomic E-state index is 0.0245. The fourth-order valence-electron chi connectivity index (χ4n) is 1.51. The summed E-state index contributed by atoms with van der Waals surface area (Å²) in [5, 5.41) is 8.72. The van der Waals surface area contributed by atoms with E-state index < -0.39 is 22.0 Å². The van der Waals surface area contributed by atoms with Gasteiger partial charge in [-0.2, -0.15) is 0 Å². The van der Waals surface area contributed by atoms with Gasteiger partial charge < -0.3 is 15.4 Å². The molecule has 7 nitrogen and oxygen atoms in total. The Balaban J connectivity index is 2.99. The SMILES string of the molecule is CC(CCO)NS(=O)(=O)c1cc(C(N)=O)n(C)c1. The maximum atomic E-state index is 11.9. The van der Waals surface area contributed by atoms with Crippen LogP contribution >= 0.6 is 0 Å². The van der Waals surface area contributed by atoms with Gasteiger partial charge in [0.1, 0.15) is 10.6 Å². The fourth-order valence-corrected chi connectivity index (χ4v) is 2.86. The van der Waals surface area contributed by atoms with Gasteiger partial charge in [-0.15, -0.1) is 0 Å². The highest BCUT2D eigenvalue weighted by Crippen LogP contribution is 2.13. The number of nitrogens with two attached hydrogens (primary N) is 1. The Morgan fingerprint density at radius 3 is 2.67 bits per heavy atom. The molecule has 1 amide bonds. The number of amides is 1. The number of aryl methyl sites for hydroxylation is 1. The van der Waals surface area contributed by atoms with Crippen LogP contribution in [0.2, 0.25) is 0 Å². The van der Waals surface area contributed by atoms with Gasteiger partial charge in [0.15, 0.2) is 0 Å². The van der Waals surface area contributed by atoms with Gasteiger partial charge in [-0.3, -0.25) is 4.79 Å². The quantitative estimate of drug-likeness (QED) is 0.628. The van der Waals surface area contributed by atoms with E-state index in [9.17, 15) is 13.2 Å². The van der Waals surface area contributed by atoms with Crippen molar-refractivity contribution in [3.8, 4) is 0 Å². The summed E-state index contributed by atoms with van der Waals surface area (Å²) in [6.45, 7) is 1.54. The number of aliphatic hydroxyl groups is 1. The Morgan fingerprint density at radius 2 is 2.22 bits per heavy atom. The van der Waals surface area contributed by atoms with E-state index in [1.165, 1.54) is 23.9 Å². The summed E-state index contributed by atoms with van der Waals surface area (Å²) in [4.78, 5) is 11.0. The lowest BCUT2D eigenvalue weighted by Gasteiger charge is -2.11. The zero-order valence-electron chi connectivity index (χ0n) is 10.3. The molecule has 18 heavy (non-hydrogen) atoms. The number of carbonyl (C=O) groups is 1. The molecule has 1 aromatic rings. The van der Waals surface area contributed by atoms with Gasteiger partial charge in [-0.25, -0.2) is 13.1 Å². The Hall–Kier alpha value is -1.38. The van der Waals surface area contributed by atoms with E-state index in [1.807, 2.05) is 0 Å². The molecule has 1 heterocycles. The lowest BCUT2D eigenvalue weighted by Crippen LogP contribution is -2.33. The Morgan fingerprint density at radius 1 is 1.61 bits per heavy atom. The minimum atomic E-state index is -3.71. The molecule has 0 bridgehead atoms. The van der Waals surface area contributed by atoms with Gasteiger partial charge in [0, 0.05) is 25.9 Å². The van der Waals surface area contributed by atoms with Crippen molar-refractivity contribution in [3.63, 3.8) is 0 Å². The van der Waals surface area contributed by atoms with Gasteiger partial charge in [-0.1, -0.05) is 0 Å². The van der Waals surface area contributed by atoms with Gasteiger partial charge in [0.2, 0.25) is 10.0 Å². The van der Waals surface area contributed by atoms with E-state index in [2.05, 4.69) is 4.72 Å². The molecule has 1 unspecified atom stereocenters. The zero-order valence-corrected chi connectivity index (χ0v) is 11.1. The van der Waals surface area contributed by atoms with Crippen molar-refractivity contribution in [1.82, 2.24) is 9.29 Å². The van der Waals surface area contributed by atoms with Crippen LogP contribution in [0.1, 0.15) is 23.8 Å². The molecule has 4 N–H and O–H groups in total. The predicted octanol–water partition coefficient (Wildman–Crippen LogP) is -0.827. The first-order valence-corrected chi connectivity index (χ1v) is 6.85. The van der Waals surface area contributed by atoms with Crippen molar-refractivity contribution >= 4 is 15.9 Å². The van der Waals surface area contributed by atoms with E-state index in [1.54, 1.807) is 6.92 Å². The summed E-state index contributed by atoms with van der Waals surface area (Å²) in [5.41, 5.74) is 5.23. The van der Waals surface area contributed by atoms with Crippen molar-refractivity contribution in [2.24, 2.45) is 12.8 Å². The summed E-state index contributed by atoms with van der Waals surface area (Å²) in [7, 11) is -2.17. The van der Waals surface area contributed by atoms with Crippen LogP contribution in [0.3, 0.4) is 0 Å². The third-order valence-electron chi connectivity index (χ3n) is 2.46. The Kier molecular flexibility index (Phi) is 4.49. The molecule has 0 radical (unpaired) electrons. The van der Waals surface area contributed by atoms with Crippen molar-refractivity contribution in [1.29, 1.82) is 0 Å². The molecule has 0 saturated carbocycles. The molecule has 0 fully saturated rings. The molecule has 0 aliphatic heterocycles. The summed E-state index contributed by atoms with van der Waals surface area (Å²) in [6, 6.07) is 0.827. The molecular weight excluding hydrogens is 258 g/mol. The standard InChI is InChI=1S/C10H17N3O4S/c1-7(3-4-14)12-18(16,17)8-5-9(10(11)15)13(2)6-8/h5-7,12,14H,3-4H2,1-2H3,(H2,11,15). The summed E-state index contributed by atoms with van der Waals surface area (Å²) in [5.74, 6) is -0.692. The number of hydrogen-bond donors (Lipinski definition) is 3. The van der Waals surface area contributed by atoms with Gasteiger partial charge >= 0.3 is 0 Å². The topological polar surface area (TPSA) is 114 Å². The van der Waals surface area contributed by atoms with E-state index >= 15 is 0 Å². The first kappa shape index (κ1) is 14.7. The number of aromatic nitrogens is 1. The van der Waals surface area contributed by atoms with Crippen molar-refractivity contribution < 1.29 is 18.3 Å². The number of carbonyl (C=O) groups excluding carboxylic acids is 1. The van der Waals surface area contributed by atoms with Crippen LogP contribution in [-0.2, 0) is 17.1 Å². The average Bonchev–Trinajstić information content (AvgIpc) is 2.60. The van der Waals surface area contributed by atoms with Crippen LogP contribution in [0.25, 0.3) is 0 Å². The van der Waals surface area contributed by atoms with Gasteiger partial charge in [0.05, 0.1) is 0 Å². The molecular formula is C10H17N3O4S. The second-order valence-electron chi connectivity index (χ2n) is 4.07. The first-order valence-electron chi connectivity index (χ1n) is 5.37. The number of nitrogens with zero attached hydrogens (tertiary/aromatic N) is 1. The van der Waals surface area contributed by atoms with Gasteiger partial charge in [0.25, 0.3) is 5.91 Å². The maximum absolute atomic E-state index is 11.9. The number of rotatable bonds is 6. The van der Waals surface area contributed by atoms with E-state index in [4.69, 9.17) is 10.8 Å². The molecule has 1 aromatic heterocycles. The van der Waals surface area contributed by atoms with Gasteiger partial charge in [-0.05, 0) is 19.4 Å². The van der Waals surface area contributed by atoms with E-state index in [-0.39, 0.29) is 17.2 Å². The van der Waals surface area contributed by atoms with Crippen molar-refractivity contribution in [2.75, 3.05) is 6.61 Å². The lowest BCUT2D eigenvalue weighted by molar-refractivity contribution is 0.0992. The number of sulfonamides is 1. The molecule has 0 aliphatic carbocycles. The highest BCUT2D eigenvalue weighted by atomic mass is 32.2. The van der Waals surface area contributed by atoms with Crippen molar-refractivity contribution in [3.05, 3.63) is 18.0 Å². The second kappa shape index (κ2) is 5.51. The van der Waals surface area contributed by atoms with Crippen LogP contribution in [0, 0.1) is 0 Å². The third kappa shape index (κ3) is 3.31. The van der Waals surface area contributed by atoms with Crippen LogP contribution in [0.15, 0.2) is 17.2 Å². The summed E-state index contributed by atoms with van der Waals surface area (Å²) < 4.78 is 27.6. The fraction of sp³-hybridized carbons (Fsp3) is 0.500. The smallest absolute Gasteiger partial charge is 0.265 e. The zero-order chi connectivity index (χ0) is 13.9. The van der Waals surface area contributed by atoms with Crippen molar-refractivity contribution in [2.45, 2.75) is 24.3 Å². The normalized spacial score (nSPS) is 13.5. The number of nitrogens with one attached hydrogen (secondary N) is 1. The average molecular weight is 275 g/mol. The van der Waals surface area contributed by atoms with Crippen LogP contribution in [0.4, 0.5) is 0 Å². The monoisotopic (exact) mass is 275 g/mol. The molecule has 102 valence electrons. The minimum Gasteiger partial charge on any atom is -0.396 e. The molecule has 1 atom stereocenters. The molecule has 1 rings (SSSR count). The largest absolute Gasteiger partial charge is 0.396 e. The third-order valence-corrected chi connectivity index (χ3v) is 4.02. The van der Waals surface area contributed by atoms with Crippen LogP contribution in [-0.4, -0.2) is 36.6 Å². The molecule has 0 spiro atoms. The molecule has 0 aliphatic rings. The van der Waals surface area contributed by atoms with E-state index in [0.717, 1.165) is 0 Å².